The molecule has 0 aliphatic heterocycles. The molecular formula is C21H27NO5. The number of rotatable bonds is 8. The van der Waals surface area contributed by atoms with E-state index in [2.05, 4.69) is 5.32 Å². The molecule has 1 atom stereocenters. The maximum absolute atomic E-state index is 12.5. The minimum Gasteiger partial charge on any atom is -0.493 e. The fourth-order valence-electron chi connectivity index (χ4n) is 2.72. The molecule has 0 saturated carbocycles. The smallest absolute Gasteiger partial charge is 0.261 e. The first-order valence-corrected chi connectivity index (χ1v) is 8.71. The molecule has 2 aromatic carbocycles. The Balaban J connectivity index is 2.07. The van der Waals surface area contributed by atoms with Gasteiger partial charge in [-0.3, -0.25) is 4.79 Å². The Morgan fingerprint density at radius 1 is 0.963 bits per heavy atom. The quantitative estimate of drug-likeness (QED) is 0.768. The summed E-state index contributed by atoms with van der Waals surface area (Å²) in [4.78, 5) is 12.5. The van der Waals surface area contributed by atoms with E-state index < -0.39 is 6.10 Å². The van der Waals surface area contributed by atoms with E-state index in [9.17, 15) is 4.79 Å². The van der Waals surface area contributed by atoms with Gasteiger partial charge < -0.3 is 24.3 Å². The fourth-order valence-corrected chi connectivity index (χ4v) is 2.72. The van der Waals surface area contributed by atoms with E-state index in [4.69, 9.17) is 18.9 Å². The largest absolute Gasteiger partial charge is 0.493 e. The maximum Gasteiger partial charge on any atom is 0.261 e. The number of hydrogen-bond donors (Lipinski definition) is 1. The Bertz CT molecular complexity index is 803. The van der Waals surface area contributed by atoms with Crippen LogP contribution >= 0.6 is 0 Å². The summed E-state index contributed by atoms with van der Waals surface area (Å²) in [5, 5.41) is 2.88. The summed E-state index contributed by atoms with van der Waals surface area (Å²) in [5.41, 5.74) is 2.93. The number of nitrogens with one attached hydrogen (secondary N) is 1. The second-order valence-electron chi connectivity index (χ2n) is 6.17. The van der Waals surface area contributed by atoms with E-state index in [1.165, 1.54) is 0 Å². The van der Waals surface area contributed by atoms with Crippen molar-refractivity contribution in [2.24, 2.45) is 0 Å². The first kappa shape index (κ1) is 20.4. The highest BCUT2D eigenvalue weighted by atomic mass is 16.5. The van der Waals surface area contributed by atoms with Crippen LogP contribution in [0.25, 0.3) is 0 Å². The van der Waals surface area contributed by atoms with Crippen molar-refractivity contribution in [3.05, 3.63) is 47.0 Å². The average molecular weight is 373 g/mol. The number of ether oxygens (including phenoxy) is 4. The van der Waals surface area contributed by atoms with Gasteiger partial charge >= 0.3 is 0 Å². The van der Waals surface area contributed by atoms with Gasteiger partial charge in [0.2, 0.25) is 5.75 Å². The van der Waals surface area contributed by atoms with E-state index in [0.29, 0.717) is 23.0 Å². The summed E-state index contributed by atoms with van der Waals surface area (Å²) in [6, 6.07) is 9.39. The third kappa shape index (κ3) is 4.64. The van der Waals surface area contributed by atoms with Gasteiger partial charge in [0.1, 0.15) is 5.75 Å². The molecule has 1 N–H and O–H groups in total. The van der Waals surface area contributed by atoms with Crippen molar-refractivity contribution in [3.8, 4) is 23.0 Å². The molecule has 27 heavy (non-hydrogen) atoms. The molecule has 0 fully saturated rings. The van der Waals surface area contributed by atoms with Crippen LogP contribution in [0.15, 0.2) is 30.3 Å². The predicted octanol–water partition coefficient (Wildman–Crippen LogP) is 3.41. The first-order chi connectivity index (χ1) is 12.9. The first-order valence-electron chi connectivity index (χ1n) is 8.71. The maximum atomic E-state index is 12.5. The molecule has 0 bridgehead atoms. The highest BCUT2D eigenvalue weighted by molar-refractivity contribution is 5.80. The van der Waals surface area contributed by atoms with Crippen molar-refractivity contribution in [1.82, 2.24) is 5.32 Å². The fraction of sp³-hybridized carbons (Fsp3) is 0.381. The van der Waals surface area contributed by atoms with Crippen molar-refractivity contribution in [3.63, 3.8) is 0 Å². The molecule has 6 nitrogen and oxygen atoms in total. The second kappa shape index (κ2) is 9.16. The van der Waals surface area contributed by atoms with Crippen LogP contribution in [-0.2, 0) is 11.3 Å². The van der Waals surface area contributed by atoms with Crippen LogP contribution in [0.4, 0.5) is 0 Å². The van der Waals surface area contributed by atoms with Crippen LogP contribution in [0.2, 0.25) is 0 Å². The highest BCUT2D eigenvalue weighted by Crippen LogP contribution is 2.39. The van der Waals surface area contributed by atoms with Gasteiger partial charge in [-0.2, -0.15) is 0 Å². The highest BCUT2D eigenvalue weighted by Gasteiger charge is 2.19. The molecule has 0 radical (unpaired) electrons. The summed E-state index contributed by atoms with van der Waals surface area (Å²) in [6.45, 7) is 5.99. The van der Waals surface area contributed by atoms with Gasteiger partial charge in [-0.15, -0.1) is 0 Å². The SMILES string of the molecule is COc1ccc(CNC(=O)[C@@H](C)Oc2cccc(C)c2C)c(OC)c1OC. The second-order valence-corrected chi connectivity index (χ2v) is 6.17. The lowest BCUT2D eigenvalue weighted by atomic mass is 10.1. The van der Waals surface area contributed by atoms with Crippen LogP contribution in [0.3, 0.4) is 0 Å². The Labute approximate surface area is 160 Å². The molecule has 0 aliphatic carbocycles. The number of methoxy groups -OCH3 is 3. The topological polar surface area (TPSA) is 66.0 Å². The third-order valence-electron chi connectivity index (χ3n) is 4.47. The summed E-state index contributed by atoms with van der Waals surface area (Å²) in [6.07, 6.45) is -0.628. The van der Waals surface area contributed by atoms with Gasteiger partial charge in [-0.1, -0.05) is 12.1 Å². The lowest BCUT2D eigenvalue weighted by Crippen LogP contribution is -2.36. The van der Waals surface area contributed by atoms with E-state index in [-0.39, 0.29) is 12.5 Å². The summed E-state index contributed by atoms with van der Waals surface area (Å²) >= 11 is 0. The van der Waals surface area contributed by atoms with Gasteiger partial charge in [0.25, 0.3) is 5.91 Å². The third-order valence-corrected chi connectivity index (χ3v) is 4.47. The molecule has 2 aromatic rings. The summed E-state index contributed by atoms with van der Waals surface area (Å²) in [5.74, 6) is 2.08. The predicted molar refractivity (Wildman–Crippen MR) is 104 cm³/mol. The standard InChI is InChI=1S/C21H27NO5/c1-13-8-7-9-17(14(13)2)27-15(3)21(23)22-12-16-10-11-18(24-4)20(26-6)19(16)25-5/h7-11,15H,12H2,1-6H3,(H,22,23)/t15-/m1/s1. The van der Waals surface area contributed by atoms with Crippen LogP contribution in [0.5, 0.6) is 23.0 Å². The van der Waals surface area contributed by atoms with Crippen molar-refractivity contribution >= 4 is 5.91 Å². The van der Waals surface area contributed by atoms with E-state index in [0.717, 1.165) is 16.7 Å². The van der Waals surface area contributed by atoms with E-state index in [1.807, 2.05) is 38.1 Å². The summed E-state index contributed by atoms with van der Waals surface area (Å²) < 4.78 is 21.9. The molecule has 6 heteroatoms. The van der Waals surface area contributed by atoms with Gasteiger partial charge in [-0.25, -0.2) is 0 Å². The lowest BCUT2D eigenvalue weighted by molar-refractivity contribution is -0.127. The normalized spacial score (nSPS) is 11.5. The molecule has 1 amide bonds. The Kier molecular flexibility index (Phi) is 6.93. The van der Waals surface area contributed by atoms with Gasteiger partial charge in [-0.05, 0) is 50.1 Å². The minimum absolute atomic E-state index is 0.215. The van der Waals surface area contributed by atoms with Crippen molar-refractivity contribution < 1.29 is 23.7 Å². The van der Waals surface area contributed by atoms with Crippen LogP contribution in [-0.4, -0.2) is 33.3 Å². The molecular weight excluding hydrogens is 346 g/mol. The number of benzene rings is 2. The molecule has 0 spiro atoms. The van der Waals surface area contributed by atoms with Crippen LogP contribution in [0.1, 0.15) is 23.6 Å². The number of carbonyl (C=O) groups is 1. The monoisotopic (exact) mass is 373 g/mol. The average Bonchev–Trinajstić information content (AvgIpc) is 2.68. The Hall–Kier alpha value is -2.89. The Morgan fingerprint density at radius 3 is 2.30 bits per heavy atom. The molecule has 0 aromatic heterocycles. The Morgan fingerprint density at radius 2 is 1.67 bits per heavy atom. The molecule has 0 saturated heterocycles. The molecule has 0 heterocycles. The molecule has 0 aliphatic rings. The van der Waals surface area contributed by atoms with Crippen molar-refractivity contribution in [2.75, 3.05) is 21.3 Å². The zero-order valence-electron chi connectivity index (χ0n) is 16.7. The van der Waals surface area contributed by atoms with Gasteiger partial charge in [0.15, 0.2) is 17.6 Å². The van der Waals surface area contributed by atoms with Crippen molar-refractivity contribution in [2.45, 2.75) is 33.4 Å². The van der Waals surface area contributed by atoms with Crippen molar-refractivity contribution in [1.29, 1.82) is 0 Å². The number of carbonyl (C=O) groups excluding carboxylic acids is 1. The zero-order valence-corrected chi connectivity index (χ0v) is 16.7. The molecule has 2 rings (SSSR count). The summed E-state index contributed by atoms with van der Waals surface area (Å²) in [7, 11) is 4.66. The van der Waals surface area contributed by atoms with Crippen LogP contribution < -0.4 is 24.3 Å². The minimum atomic E-state index is -0.628. The number of hydrogen-bond acceptors (Lipinski definition) is 5. The number of aryl methyl sites for hydroxylation is 1. The lowest BCUT2D eigenvalue weighted by Gasteiger charge is -2.19. The zero-order chi connectivity index (χ0) is 20.0. The number of amides is 1. The van der Waals surface area contributed by atoms with E-state index >= 15 is 0 Å². The molecule has 146 valence electrons. The van der Waals surface area contributed by atoms with Gasteiger partial charge in [0.05, 0.1) is 21.3 Å². The van der Waals surface area contributed by atoms with E-state index in [1.54, 1.807) is 34.3 Å². The van der Waals surface area contributed by atoms with Gasteiger partial charge in [0, 0.05) is 12.1 Å². The molecule has 0 unspecified atom stereocenters. The van der Waals surface area contributed by atoms with Crippen LogP contribution in [0, 0.1) is 13.8 Å².